The van der Waals surface area contributed by atoms with Gasteiger partial charge in [-0.15, -0.1) is 13.2 Å². The molecule has 16 heavy (non-hydrogen) atoms. The van der Waals surface area contributed by atoms with Crippen molar-refractivity contribution in [3.05, 3.63) is 21.9 Å². The van der Waals surface area contributed by atoms with Crippen LogP contribution >= 0.6 is 0 Å². The van der Waals surface area contributed by atoms with Crippen LogP contribution < -0.4 is 4.74 Å². The molecular formula is C7H5F3N2O4. The SMILES string of the molecule is Cc1c(OC(F)(F)F)cnc([N+](=O)[O-])c1O. The summed E-state index contributed by atoms with van der Waals surface area (Å²) in [7, 11) is 0. The maximum atomic E-state index is 11.8. The Morgan fingerprint density at radius 1 is 1.56 bits per heavy atom. The zero-order valence-corrected chi connectivity index (χ0v) is 7.78. The van der Waals surface area contributed by atoms with Gasteiger partial charge >= 0.3 is 12.2 Å². The summed E-state index contributed by atoms with van der Waals surface area (Å²) < 4.78 is 39.0. The van der Waals surface area contributed by atoms with E-state index in [4.69, 9.17) is 0 Å². The Labute approximate surface area is 86.4 Å². The number of nitrogens with zero attached hydrogens (tertiary/aromatic N) is 2. The first-order valence-electron chi connectivity index (χ1n) is 3.81. The number of aromatic nitrogens is 1. The number of pyridine rings is 1. The molecule has 0 amide bonds. The van der Waals surface area contributed by atoms with Gasteiger partial charge in [-0.3, -0.25) is 0 Å². The molecule has 0 fully saturated rings. The lowest BCUT2D eigenvalue weighted by Gasteiger charge is -2.10. The van der Waals surface area contributed by atoms with Gasteiger partial charge < -0.3 is 20.0 Å². The highest BCUT2D eigenvalue weighted by Gasteiger charge is 2.34. The molecule has 0 saturated carbocycles. The van der Waals surface area contributed by atoms with E-state index in [-0.39, 0.29) is 0 Å². The third-order valence-corrected chi connectivity index (χ3v) is 1.64. The van der Waals surface area contributed by atoms with Gasteiger partial charge in [-0.25, -0.2) is 0 Å². The standard InChI is InChI=1S/C7H5F3N2O4/c1-3-4(16-7(8,9)10)2-11-6(5(3)13)12(14)15/h2,13H,1H3. The first-order chi connectivity index (χ1) is 7.22. The summed E-state index contributed by atoms with van der Waals surface area (Å²) in [6, 6.07) is 0. The minimum Gasteiger partial charge on any atom is -0.501 e. The second kappa shape index (κ2) is 3.83. The lowest BCUT2D eigenvalue weighted by Crippen LogP contribution is -2.18. The average molecular weight is 238 g/mol. The summed E-state index contributed by atoms with van der Waals surface area (Å²) >= 11 is 0. The van der Waals surface area contributed by atoms with Gasteiger partial charge in [0.2, 0.25) is 5.75 Å². The minimum atomic E-state index is -4.95. The molecule has 0 aliphatic rings. The summed E-state index contributed by atoms with van der Waals surface area (Å²) in [5.41, 5.74) is -0.404. The Morgan fingerprint density at radius 2 is 2.12 bits per heavy atom. The van der Waals surface area contributed by atoms with Crippen molar-refractivity contribution in [3.63, 3.8) is 0 Å². The van der Waals surface area contributed by atoms with Crippen molar-refractivity contribution in [2.24, 2.45) is 0 Å². The highest BCUT2D eigenvalue weighted by Crippen LogP contribution is 2.35. The van der Waals surface area contributed by atoms with E-state index in [0.29, 0.717) is 6.20 Å². The monoisotopic (exact) mass is 238 g/mol. The van der Waals surface area contributed by atoms with Crippen molar-refractivity contribution in [2.45, 2.75) is 13.3 Å². The molecular weight excluding hydrogens is 233 g/mol. The topological polar surface area (TPSA) is 85.5 Å². The minimum absolute atomic E-state index is 0.404. The Balaban J connectivity index is 3.17. The molecule has 1 N–H and O–H groups in total. The molecule has 0 saturated heterocycles. The maximum absolute atomic E-state index is 11.8. The number of hydrogen-bond donors (Lipinski definition) is 1. The van der Waals surface area contributed by atoms with E-state index in [1.54, 1.807) is 0 Å². The summed E-state index contributed by atoms with van der Waals surface area (Å²) in [5.74, 6) is -2.66. The van der Waals surface area contributed by atoms with Gasteiger partial charge in [0.15, 0.2) is 11.9 Å². The van der Waals surface area contributed by atoms with Gasteiger partial charge in [0.1, 0.15) is 0 Å². The second-order valence-corrected chi connectivity index (χ2v) is 2.72. The molecule has 0 aromatic carbocycles. The number of alkyl halides is 3. The summed E-state index contributed by atoms with van der Waals surface area (Å²) in [6.45, 7) is 1.05. The number of nitro groups is 1. The first kappa shape index (κ1) is 12.0. The fraction of sp³-hybridized carbons (Fsp3) is 0.286. The molecule has 6 nitrogen and oxygen atoms in total. The molecule has 9 heteroatoms. The van der Waals surface area contributed by atoms with Crippen molar-refractivity contribution in [1.29, 1.82) is 0 Å². The van der Waals surface area contributed by atoms with E-state index >= 15 is 0 Å². The Kier molecular flexibility index (Phi) is 2.88. The molecule has 0 radical (unpaired) electrons. The summed E-state index contributed by atoms with van der Waals surface area (Å²) in [4.78, 5) is 12.3. The average Bonchev–Trinajstić information content (AvgIpc) is 2.10. The molecule has 0 aliphatic carbocycles. The fourth-order valence-electron chi connectivity index (χ4n) is 0.923. The normalized spacial score (nSPS) is 11.2. The smallest absolute Gasteiger partial charge is 0.501 e. The van der Waals surface area contributed by atoms with Gasteiger partial charge in [-0.2, -0.15) is 0 Å². The predicted octanol–water partition coefficient (Wildman–Crippen LogP) is 1.90. The van der Waals surface area contributed by atoms with E-state index in [1.807, 2.05) is 0 Å². The molecule has 1 aromatic rings. The van der Waals surface area contributed by atoms with Gasteiger partial charge in [0.05, 0.1) is 0 Å². The maximum Gasteiger partial charge on any atom is 0.573 e. The molecule has 1 rings (SSSR count). The van der Waals surface area contributed by atoms with Crippen LogP contribution in [-0.2, 0) is 0 Å². The van der Waals surface area contributed by atoms with Crippen LogP contribution in [0.25, 0.3) is 0 Å². The highest BCUT2D eigenvalue weighted by atomic mass is 19.4. The van der Waals surface area contributed by atoms with E-state index in [1.165, 1.54) is 0 Å². The highest BCUT2D eigenvalue weighted by molar-refractivity contribution is 5.50. The van der Waals surface area contributed by atoms with Crippen LogP contribution in [0.2, 0.25) is 0 Å². The third kappa shape index (κ3) is 2.49. The van der Waals surface area contributed by atoms with Crippen LogP contribution in [0.3, 0.4) is 0 Å². The largest absolute Gasteiger partial charge is 0.573 e. The van der Waals surface area contributed by atoms with Crippen LogP contribution in [0.15, 0.2) is 6.20 Å². The molecule has 0 atom stereocenters. The van der Waals surface area contributed by atoms with Crippen LogP contribution in [0.4, 0.5) is 19.0 Å². The van der Waals surface area contributed by atoms with E-state index in [0.717, 1.165) is 6.92 Å². The van der Waals surface area contributed by atoms with Crippen molar-refractivity contribution in [2.75, 3.05) is 0 Å². The van der Waals surface area contributed by atoms with Crippen LogP contribution in [0.1, 0.15) is 5.56 Å². The van der Waals surface area contributed by atoms with Crippen LogP contribution in [-0.4, -0.2) is 21.4 Å². The predicted molar refractivity (Wildman–Crippen MR) is 44.0 cm³/mol. The van der Waals surface area contributed by atoms with Crippen LogP contribution in [0, 0.1) is 17.0 Å². The molecule has 0 spiro atoms. The van der Waals surface area contributed by atoms with E-state index < -0.39 is 34.2 Å². The Bertz CT molecular complexity index is 432. The lowest BCUT2D eigenvalue weighted by atomic mass is 10.2. The zero-order valence-electron chi connectivity index (χ0n) is 7.78. The summed E-state index contributed by atoms with van der Waals surface area (Å²) in [5, 5.41) is 19.5. The molecule has 0 bridgehead atoms. The van der Waals surface area contributed by atoms with E-state index in [2.05, 4.69) is 9.72 Å². The van der Waals surface area contributed by atoms with Gasteiger partial charge in [0, 0.05) is 5.56 Å². The molecule has 0 aliphatic heterocycles. The number of ether oxygens (including phenoxy) is 1. The van der Waals surface area contributed by atoms with Crippen molar-refractivity contribution in [1.82, 2.24) is 4.98 Å². The molecule has 1 heterocycles. The number of rotatable bonds is 2. The Hall–Kier alpha value is -2.06. The molecule has 0 unspecified atom stereocenters. The first-order valence-corrected chi connectivity index (χ1v) is 3.81. The second-order valence-electron chi connectivity index (χ2n) is 2.72. The van der Waals surface area contributed by atoms with Crippen LogP contribution in [0.5, 0.6) is 11.5 Å². The fourth-order valence-corrected chi connectivity index (χ4v) is 0.923. The van der Waals surface area contributed by atoms with Crippen molar-refractivity contribution >= 4 is 5.82 Å². The van der Waals surface area contributed by atoms with Gasteiger partial charge in [-0.1, -0.05) is 0 Å². The molecule has 88 valence electrons. The van der Waals surface area contributed by atoms with Gasteiger partial charge in [-0.05, 0) is 16.8 Å². The van der Waals surface area contributed by atoms with Gasteiger partial charge in [0.25, 0.3) is 0 Å². The Morgan fingerprint density at radius 3 is 2.56 bits per heavy atom. The number of hydrogen-bond acceptors (Lipinski definition) is 5. The van der Waals surface area contributed by atoms with Crippen molar-refractivity contribution in [3.8, 4) is 11.5 Å². The quantitative estimate of drug-likeness (QED) is 0.628. The number of halogens is 3. The van der Waals surface area contributed by atoms with E-state index in [9.17, 15) is 28.4 Å². The lowest BCUT2D eigenvalue weighted by molar-refractivity contribution is -0.390. The summed E-state index contributed by atoms with van der Waals surface area (Å²) in [6.07, 6.45) is -4.42. The zero-order chi connectivity index (χ0) is 12.5. The van der Waals surface area contributed by atoms with Crippen molar-refractivity contribution < 1.29 is 27.9 Å². The third-order valence-electron chi connectivity index (χ3n) is 1.64. The molecule has 1 aromatic heterocycles. The number of aromatic hydroxyl groups is 1.